The van der Waals surface area contributed by atoms with Crippen molar-refractivity contribution in [2.75, 3.05) is 17.7 Å². The molecule has 6 nitrogen and oxygen atoms in total. The average Bonchev–Trinajstić information content (AvgIpc) is 2.56. The van der Waals surface area contributed by atoms with Crippen LogP contribution in [0, 0.1) is 0 Å². The first kappa shape index (κ1) is 15.2. The molecule has 0 amide bonds. The monoisotopic (exact) mass is 371 g/mol. The molecule has 1 heterocycles. The van der Waals surface area contributed by atoms with Gasteiger partial charge in [0.15, 0.2) is 5.82 Å². The lowest BCUT2D eigenvalue weighted by molar-refractivity contribution is 0.417. The Kier molecular flexibility index (Phi) is 4.68. The van der Waals surface area contributed by atoms with Crippen LogP contribution in [0.1, 0.15) is 0 Å². The number of hydrogen-bond donors (Lipinski definition) is 2. The summed E-state index contributed by atoms with van der Waals surface area (Å²) in [4.78, 5) is 4.40. The molecule has 0 saturated heterocycles. The lowest BCUT2D eigenvalue weighted by Crippen LogP contribution is -2.03. The second kappa shape index (κ2) is 7.06. The van der Waals surface area contributed by atoms with Gasteiger partial charge in [-0.15, -0.1) is 5.10 Å². The molecular formula is C16H14BrN5O. The predicted molar refractivity (Wildman–Crippen MR) is 93.5 cm³/mol. The van der Waals surface area contributed by atoms with E-state index >= 15 is 0 Å². The summed E-state index contributed by atoms with van der Waals surface area (Å²) in [5.41, 5.74) is 1.68. The highest BCUT2D eigenvalue weighted by Gasteiger charge is 2.06. The second-order valence-corrected chi connectivity index (χ2v) is 5.54. The standard InChI is InChI=1S/C16H14BrN5O/c1-23-14-8-3-2-7-13(14)20-16-21-15(10-18-22-16)19-12-6-4-5-11(17)9-12/h2-10H,1H3,(H2,19,20,21,22). The number of benzene rings is 2. The van der Waals surface area contributed by atoms with Crippen LogP contribution in [0.3, 0.4) is 0 Å². The van der Waals surface area contributed by atoms with Crippen LogP contribution in [0.15, 0.2) is 59.2 Å². The molecule has 0 bridgehead atoms. The van der Waals surface area contributed by atoms with Crippen molar-refractivity contribution < 1.29 is 4.74 Å². The number of methoxy groups -OCH3 is 1. The summed E-state index contributed by atoms with van der Waals surface area (Å²) >= 11 is 3.44. The maximum absolute atomic E-state index is 5.30. The van der Waals surface area contributed by atoms with E-state index in [9.17, 15) is 0 Å². The van der Waals surface area contributed by atoms with Crippen LogP contribution in [-0.2, 0) is 0 Å². The van der Waals surface area contributed by atoms with Crippen molar-refractivity contribution in [3.63, 3.8) is 0 Å². The third-order valence-electron chi connectivity index (χ3n) is 3.01. The highest BCUT2D eigenvalue weighted by molar-refractivity contribution is 9.10. The zero-order valence-corrected chi connectivity index (χ0v) is 13.9. The van der Waals surface area contributed by atoms with Crippen molar-refractivity contribution in [3.05, 3.63) is 59.2 Å². The Morgan fingerprint density at radius 2 is 1.91 bits per heavy atom. The summed E-state index contributed by atoms with van der Waals surface area (Å²) in [5.74, 6) is 1.69. The van der Waals surface area contributed by atoms with Gasteiger partial charge in [0.05, 0.1) is 19.0 Å². The number of rotatable bonds is 5. The van der Waals surface area contributed by atoms with Gasteiger partial charge in [-0.2, -0.15) is 10.1 Å². The average molecular weight is 372 g/mol. The fourth-order valence-electron chi connectivity index (χ4n) is 2.00. The zero-order chi connectivity index (χ0) is 16.1. The minimum Gasteiger partial charge on any atom is -0.495 e. The number of hydrogen-bond acceptors (Lipinski definition) is 6. The molecule has 23 heavy (non-hydrogen) atoms. The van der Waals surface area contributed by atoms with Crippen molar-refractivity contribution in [1.29, 1.82) is 0 Å². The maximum Gasteiger partial charge on any atom is 0.249 e. The normalized spacial score (nSPS) is 10.2. The second-order valence-electron chi connectivity index (χ2n) is 4.63. The van der Waals surface area contributed by atoms with Crippen molar-refractivity contribution in [2.24, 2.45) is 0 Å². The Bertz CT molecular complexity index is 812. The fourth-order valence-corrected chi connectivity index (χ4v) is 2.40. The molecule has 116 valence electrons. The molecule has 3 rings (SSSR count). The summed E-state index contributed by atoms with van der Waals surface area (Å²) in [6, 6.07) is 15.3. The van der Waals surface area contributed by atoms with Crippen LogP contribution in [0.4, 0.5) is 23.1 Å². The van der Waals surface area contributed by atoms with E-state index in [0.717, 1.165) is 15.8 Å². The Morgan fingerprint density at radius 3 is 2.74 bits per heavy atom. The molecule has 1 aromatic heterocycles. The Morgan fingerprint density at radius 1 is 1.04 bits per heavy atom. The Balaban J connectivity index is 1.80. The minimum atomic E-state index is 0.384. The molecule has 2 aromatic carbocycles. The van der Waals surface area contributed by atoms with Crippen LogP contribution < -0.4 is 15.4 Å². The maximum atomic E-state index is 5.30. The number of ether oxygens (including phenoxy) is 1. The van der Waals surface area contributed by atoms with Crippen molar-refractivity contribution in [2.45, 2.75) is 0 Å². The molecule has 0 spiro atoms. The first-order chi connectivity index (χ1) is 11.2. The van der Waals surface area contributed by atoms with Gasteiger partial charge in [-0.1, -0.05) is 34.1 Å². The van der Waals surface area contributed by atoms with Gasteiger partial charge in [0.25, 0.3) is 0 Å². The summed E-state index contributed by atoms with van der Waals surface area (Å²) in [6.07, 6.45) is 1.56. The lowest BCUT2D eigenvalue weighted by atomic mass is 10.3. The van der Waals surface area contributed by atoms with Gasteiger partial charge in [-0.25, -0.2) is 0 Å². The molecule has 0 aliphatic heterocycles. The minimum absolute atomic E-state index is 0.384. The molecule has 0 unspecified atom stereocenters. The van der Waals surface area contributed by atoms with E-state index in [1.807, 2.05) is 48.5 Å². The van der Waals surface area contributed by atoms with E-state index in [-0.39, 0.29) is 0 Å². The number of aromatic nitrogens is 3. The van der Waals surface area contributed by atoms with Crippen LogP contribution >= 0.6 is 15.9 Å². The van der Waals surface area contributed by atoms with Gasteiger partial charge in [-0.05, 0) is 30.3 Å². The van der Waals surface area contributed by atoms with E-state index in [0.29, 0.717) is 17.5 Å². The largest absolute Gasteiger partial charge is 0.495 e. The molecule has 0 saturated carbocycles. The van der Waals surface area contributed by atoms with E-state index < -0.39 is 0 Å². The smallest absolute Gasteiger partial charge is 0.249 e. The molecule has 3 aromatic rings. The zero-order valence-electron chi connectivity index (χ0n) is 12.3. The van der Waals surface area contributed by atoms with Gasteiger partial charge < -0.3 is 15.4 Å². The molecular weight excluding hydrogens is 358 g/mol. The summed E-state index contributed by atoms with van der Waals surface area (Å²) in [6.45, 7) is 0. The summed E-state index contributed by atoms with van der Waals surface area (Å²) < 4.78 is 6.28. The molecule has 0 aliphatic rings. The molecule has 0 atom stereocenters. The highest BCUT2D eigenvalue weighted by atomic mass is 79.9. The molecule has 0 aliphatic carbocycles. The van der Waals surface area contributed by atoms with Crippen molar-refractivity contribution in [3.8, 4) is 5.75 Å². The number of para-hydroxylation sites is 2. The number of halogens is 1. The SMILES string of the molecule is COc1ccccc1Nc1nncc(Nc2cccc(Br)c2)n1. The predicted octanol–water partition coefficient (Wildman–Crippen LogP) is 4.13. The van der Waals surface area contributed by atoms with Crippen molar-refractivity contribution in [1.82, 2.24) is 15.2 Å². The van der Waals surface area contributed by atoms with E-state index in [2.05, 4.69) is 41.7 Å². The Hall–Kier alpha value is -2.67. The van der Waals surface area contributed by atoms with Gasteiger partial charge >= 0.3 is 0 Å². The molecule has 0 fully saturated rings. The van der Waals surface area contributed by atoms with Crippen LogP contribution in [-0.4, -0.2) is 22.3 Å². The Labute approximate surface area is 142 Å². The fraction of sp³-hybridized carbons (Fsp3) is 0.0625. The van der Waals surface area contributed by atoms with Gasteiger partial charge in [-0.3, -0.25) is 0 Å². The lowest BCUT2D eigenvalue weighted by Gasteiger charge is -2.10. The highest BCUT2D eigenvalue weighted by Crippen LogP contribution is 2.26. The quantitative estimate of drug-likeness (QED) is 0.702. The topological polar surface area (TPSA) is 72.0 Å². The summed E-state index contributed by atoms with van der Waals surface area (Å²) in [7, 11) is 1.62. The number of nitrogens with zero attached hydrogens (tertiary/aromatic N) is 3. The third kappa shape index (κ3) is 3.95. The van der Waals surface area contributed by atoms with E-state index in [1.54, 1.807) is 13.3 Å². The molecule has 2 N–H and O–H groups in total. The van der Waals surface area contributed by atoms with Crippen LogP contribution in [0.5, 0.6) is 5.75 Å². The molecule has 7 heteroatoms. The van der Waals surface area contributed by atoms with Crippen LogP contribution in [0.25, 0.3) is 0 Å². The van der Waals surface area contributed by atoms with Gasteiger partial charge in [0.1, 0.15) is 5.75 Å². The number of anilines is 4. The van der Waals surface area contributed by atoms with Gasteiger partial charge in [0.2, 0.25) is 5.95 Å². The first-order valence-electron chi connectivity index (χ1n) is 6.87. The van der Waals surface area contributed by atoms with Crippen molar-refractivity contribution >= 4 is 39.1 Å². The number of nitrogens with one attached hydrogen (secondary N) is 2. The third-order valence-corrected chi connectivity index (χ3v) is 3.50. The van der Waals surface area contributed by atoms with E-state index in [1.165, 1.54) is 0 Å². The molecule has 0 radical (unpaired) electrons. The van der Waals surface area contributed by atoms with Gasteiger partial charge in [0, 0.05) is 10.2 Å². The first-order valence-corrected chi connectivity index (χ1v) is 7.66. The van der Waals surface area contributed by atoms with E-state index in [4.69, 9.17) is 4.74 Å². The van der Waals surface area contributed by atoms with Crippen LogP contribution in [0.2, 0.25) is 0 Å². The summed E-state index contributed by atoms with van der Waals surface area (Å²) in [5, 5.41) is 14.2.